The van der Waals surface area contributed by atoms with E-state index in [1.54, 1.807) is 0 Å². The van der Waals surface area contributed by atoms with Gasteiger partial charge in [-0.2, -0.15) is 13.2 Å². The van der Waals surface area contributed by atoms with Crippen LogP contribution in [0.4, 0.5) is 18.9 Å². The number of ether oxygens (including phenoxy) is 1. The van der Waals surface area contributed by atoms with Crippen LogP contribution in [0.2, 0.25) is 0 Å². The standard InChI is InChI=1S/C10H8F3N3O5/c11-10(12,13)9(18)15-14-8(17)5-21-7-3-1-6(2-4-7)16(19)20/h1-4H,5H2,(H,14,17)(H,15,18). The summed E-state index contributed by atoms with van der Waals surface area (Å²) < 4.78 is 40.3. The molecule has 114 valence electrons. The van der Waals surface area contributed by atoms with Gasteiger partial charge in [0.1, 0.15) is 5.75 Å². The Morgan fingerprint density at radius 3 is 2.24 bits per heavy atom. The van der Waals surface area contributed by atoms with Gasteiger partial charge in [0.25, 0.3) is 11.6 Å². The molecule has 2 amide bonds. The number of hydrazine groups is 1. The van der Waals surface area contributed by atoms with Crippen molar-refractivity contribution in [2.24, 2.45) is 0 Å². The molecule has 0 aliphatic carbocycles. The summed E-state index contributed by atoms with van der Waals surface area (Å²) in [6, 6.07) is 4.66. The van der Waals surface area contributed by atoms with Gasteiger partial charge >= 0.3 is 12.1 Å². The summed E-state index contributed by atoms with van der Waals surface area (Å²) in [5.74, 6) is -3.27. The quantitative estimate of drug-likeness (QED) is 0.628. The van der Waals surface area contributed by atoms with Crippen molar-refractivity contribution < 1.29 is 32.4 Å². The average Bonchev–Trinajstić information content (AvgIpc) is 2.41. The highest BCUT2D eigenvalue weighted by Gasteiger charge is 2.38. The molecule has 0 aromatic heterocycles. The molecule has 11 heteroatoms. The maximum Gasteiger partial charge on any atom is 0.472 e. The maximum atomic E-state index is 11.8. The Bertz CT molecular complexity index is 544. The lowest BCUT2D eigenvalue weighted by molar-refractivity contribution is -0.384. The molecule has 0 heterocycles. The van der Waals surface area contributed by atoms with Gasteiger partial charge in [0.15, 0.2) is 6.61 Å². The van der Waals surface area contributed by atoms with E-state index in [0.29, 0.717) is 0 Å². The van der Waals surface area contributed by atoms with E-state index in [4.69, 9.17) is 4.74 Å². The van der Waals surface area contributed by atoms with E-state index in [-0.39, 0.29) is 11.4 Å². The zero-order valence-corrected chi connectivity index (χ0v) is 10.1. The van der Waals surface area contributed by atoms with E-state index in [2.05, 4.69) is 0 Å². The highest BCUT2D eigenvalue weighted by molar-refractivity contribution is 5.85. The van der Waals surface area contributed by atoms with Crippen LogP contribution in [-0.2, 0) is 9.59 Å². The molecule has 0 aliphatic heterocycles. The Labute approximate surface area is 115 Å². The van der Waals surface area contributed by atoms with E-state index < -0.39 is 29.5 Å². The first-order valence-corrected chi connectivity index (χ1v) is 5.23. The first-order valence-electron chi connectivity index (χ1n) is 5.23. The zero-order chi connectivity index (χ0) is 16.0. The average molecular weight is 307 g/mol. The largest absolute Gasteiger partial charge is 0.484 e. The number of non-ortho nitro benzene ring substituents is 1. The number of nitrogens with zero attached hydrogens (tertiary/aromatic N) is 1. The zero-order valence-electron chi connectivity index (χ0n) is 10.1. The Balaban J connectivity index is 2.39. The second-order valence-corrected chi connectivity index (χ2v) is 3.54. The van der Waals surface area contributed by atoms with Crippen molar-refractivity contribution in [3.63, 3.8) is 0 Å². The minimum absolute atomic E-state index is 0.0953. The fraction of sp³-hybridized carbons (Fsp3) is 0.200. The van der Waals surface area contributed by atoms with Crippen LogP contribution in [0, 0.1) is 10.1 Å². The molecule has 0 spiro atoms. The van der Waals surface area contributed by atoms with Gasteiger partial charge in [-0.05, 0) is 12.1 Å². The van der Waals surface area contributed by atoms with Crippen LogP contribution in [-0.4, -0.2) is 29.5 Å². The number of alkyl halides is 3. The number of benzene rings is 1. The van der Waals surface area contributed by atoms with Crippen LogP contribution in [0.5, 0.6) is 5.75 Å². The third-order valence-electron chi connectivity index (χ3n) is 1.99. The lowest BCUT2D eigenvalue weighted by atomic mass is 10.3. The Morgan fingerprint density at radius 2 is 1.76 bits per heavy atom. The summed E-state index contributed by atoms with van der Waals surface area (Å²) in [6.07, 6.45) is -5.12. The van der Waals surface area contributed by atoms with Crippen LogP contribution in [0.3, 0.4) is 0 Å². The smallest absolute Gasteiger partial charge is 0.472 e. The molecule has 0 aliphatic rings. The van der Waals surface area contributed by atoms with Crippen molar-refractivity contribution in [1.82, 2.24) is 10.9 Å². The Hall–Kier alpha value is -2.85. The van der Waals surface area contributed by atoms with E-state index in [0.717, 1.165) is 17.6 Å². The number of hydrogen-bond donors (Lipinski definition) is 2. The topological polar surface area (TPSA) is 111 Å². The number of nitrogens with one attached hydrogen (secondary N) is 2. The predicted octanol–water partition coefficient (Wildman–Crippen LogP) is 0.683. The molecule has 2 N–H and O–H groups in total. The van der Waals surface area contributed by atoms with Gasteiger partial charge in [-0.1, -0.05) is 0 Å². The lowest BCUT2D eigenvalue weighted by Crippen LogP contribution is -2.49. The van der Waals surface area contributed by atoms with E-state index in [1.165, 1.54) is 17.6 Å². The minimum atomic E-state index is -5.12. The fourth-order valence-electron chi connectivity index (χ4n) is 1.05. The summed E-state index contributed by atoms with van der Waals surface area (Å²) in [6.45, 7) is -0.685. The van der Waals surface area contributed by atoms with Crippen molar-refractivity contribution in [3.05, 3.63) is 34.4 Å². The third kappa shape index (κ3) is 5.34. The van der Waals surface area contributed by atoms with Crippen molar-refractivity contribution in [1.29, 1.82) is 0 Å². The maximum absolute atomic E-state index is 11.8. The highest BCUT2D eigenvalue weighted by Crippen LogP contribution is 2.17. The summed E-state index contributed by atoms with van der Waals surface area (Å²) in [5.41, 5.74) is 2.46. The van der Waals surface area contributed by atoms with Crippen LogP contribution in [0.15, 0.2) is 24.3 Å². The van der Waals surface area contributed by atoms with Crippen LogP contribution in [0.1, 0.15) is 0 Å². The highest BCUT2D eigenvalue weighted by atomic mass is 19.4. The van der Waals surface area contributed by atoms with Gasteiger partial charge in [0.05, 0.1) is 4.92 Å². The summed E-state index contributed by atoms with van der Waals surface area (Å²) in [5, 5.41) is 10.4. The molecular formula is C10H8F3N3O5. The number of halogens is 3. The minimum Gasteiger partial charge on any atom is -0.484 e. The first-order chi connectivity index (χ1) is 9.70. The summed E-state index contributed by atoms with van der Waals surface area (Å²) in [4.78, 5) is 31.2. The molecule has 1 aromatic carbocycles. The Morgan fingerprint density at radius 1 is 1.19 bits per heavy atom. The predicted molar refractivity (Wildman–Crippen MR) is 60.9 cm³/mol. The van der Waals surface area contributed by atoms with E-state index in [9.17, 15) is 32.9 Å². The summed E-state index contributed by atoms with van der Waals surface area (Å²) in [7, 11) is 0. The van der Waals surface area contributed by atoms with Crippen LogP contribution in [0.25, 0.3) is 0 Å². The molecule has 21 heavy (non-hydrogen) atoms. The molecule has 0 unspecified atom stereocenters. The Kier molecular flexibility index (Phi) is 5.05. The molecule has 0 atom stereocenters. The SMILES string of the molecule is O=C(COc1ccc([N+](=O)[O-])cc1)NNC(=O)C(F)(F)F. The molecule has 0 bridgehead atoms. The van der Waals surface area contributed by atoms with Gasteiger partial charge in [0, 0.05) is 12.1 Å². The molecular weight excluding hydrogens is 299 g/mol. The van der Waals surface area contributed by atoms with Gasteiger partial charge in [0.2, 0.25) is 0 Å². The number of rotatable bonds is 4. The molecule has 0 saturated heterocycles. The van der Waals surface area contributed by atoms with Crippen LogP contribution >= 0.6 is 0 Å². The van der Waals surface area contributed by atoms with Crippen molar-refractivity contribution in [2.75, 3.05) is 6.61 Å². The second kappa shape index (κ2) is 6.54. The molecule has 1 aromatic rings. The van der Waals surface area contributed by atoms with Crippen molar-refractivity contribution in [3.8, 4) is 5.75 Å². The molecule has 0 saturated carbocycles. The normalized spacial score (nSPS) is 10.6. The number of nitro benzene ring substituents is 1. The number of hydrogen-bond acceptors (Lipinski definition) is 5. The van der Waals surface area contributed by atoms with Crippen molar-refractivity contribution in [2.45, 2.75) is 6.18 Å². The van der Waals surface area contributed by atoms with E-state index in [1.807, 2.05) is 0 Å². The number of carbonyl (C=O) groups excluding carboxylic acids is 2. The number of amides is 2. The fourth-order valence-corrected chi connectivity index (χ4v) is 1.05. The first kappa shape index (κ1) is 16.2. The van der Waals surface area contributed by atoms with E-state index >= 15 is 0 Å². The van der Waals surface area contributed by atoms with Gasteiger partial charge in [-0.3, -0.25) is 30.6 Å². The second-order valence-electron chi connectivity index (χ2n) is 3.54. The number of carbonyl (C=O) groups is 2. The van der Waals surface area contributed by atoms with Crippen LogP contribution < -0.4 is 15.6 Å². The molecule has 0 fully saturated rings. The molecule has 1 rings (SSSR count). The number of nitro groups is 1. The summed E-state index contributed by atoms with van der Waals surface area (Å²) >= 11 is 0. The van der Waals surface area contributed by atoms with Crippen molar-refractivity contribution >= 4 is 17.5 Å². The lowest BCUT2D eigenvalue weighted by Gasteiger charge is -2.10. The third-order valence-corrected chi connectivity index (χ3v) is 1.99. The monoisotopic (exact) mass is 307 g/mol. The molecule has 0 radical (unpaired) electrons. The van der Waals surface area contributed by atoms with Gasteiger partial charge < -0.3 is 4.74 Å². The van der Waals surface area contributed by atoms with Gasteiger partial charge in [-0.25, -0.2) is 0 Å². The van der Waals surface area contributed by atoms with Gasteiger partial charge in [-0.15, -0.1) is 0 Å². The molecule has 8 nitrogen and oxygen atoms in total.